The Bertz CT molecular complexity index is 938. The summed E-state index contributed by atoms with van der Waals surface area (Å²) in [5.74, 6) is -0.520. The lowest BCUT2D eigenvalue weighted by Crippen LogP contribution is -2.49. The molecule has 0 amide bonds. The van der Waals surface area contributed by atoms with Gasteiger partial charge in [-0.05, 0) is 55.5 Å². The van der Waals surface area contributed by atoms with Crippen LogP contribution in [0.15, 0.2) is 54.6 Å². The van der Waals surface area contributed by atoms with Crippen molar-refractivity contribution in [2.75, 3.05) is 13.1 Å². The average molecular weight is 469 g/mol. The number of carboxylic acid groups (broad SMARTS) is 1. The number of aliphatic carboxylic acids is 1. The van der Waals surface area contributed by atoms with E-state index in [1.807, 2.05) is 6.07 Å². The van der Waals surface area contributed by atoms with Crippen molar-refractivity contribution in [3.63, 3.8) is 0 Å². The minimum absolute atomic E-state index is 0. The van der Waals surface area contributed by atoms with Gasteiger partial charge in [0.1, 0.15) is 17.9 Å². The van der Waals surface area contributed by atoms with E-state index in [1.165, 1.54) is 4.31 Å². The zero-order valence-corrected chi connectivity index (χ0v) is 18.0. The first-order chi connectivity index (χ1) is 14.3. The molecule has 31 heavy (non-hydrogen) atoms. The maximum Gasteiger partial charge on any atom is 0.322 e. The maximum atomic E-state index is 12.8. The van der Waals surface area contributed by atoms with Crippen LogP contribution in [0.1, 0.15) is 32.3 Å². The number of hydrogen-bond acceptors (Lipinski definition) is 4. The predicted octanol–water partition coefficient (Wildman–Crippen LogP) is 3.74. The van der Waals surface area contributed by atoms with Crippen LogP contribution in [0.3, 0.4) is 0 Å². The van der Waals surface area contributed by atoms with Gasteiger partial charge in [0.15, 0.2) is 0 Å². The van der Waals surface area contributed by atoms with Crippen LogP contribution in [0.4, 0.5) is 0 Å². The Morgan fingerprint density at radius 1 is 1.13 bits per heavy atom. The Balaban J connectivity index is 0.00000341. The average Bonchev–Trinajstić information content (AvgIpc) is 2.96. The summed E-state index contributed by atoms with van der Waals surface area (Å²) in [5.41, 5.74) is 0.750. The van der Waals surface area contributed by atoms with Crippen LogP contribution in [0.2, 0.25) is 5.02 Å². The SMILES string of the molecule is C.O=C(O)C(Cc1ccccc1)NS(=O)(=O)N1CCCC(Oc2ccc(Cl)cc2)CC1. The standard InChI is InChI=1S/C21H25ClN2O5S.CH4/c22-17-8-10-19(11-9-17)29-18-7-4-13-24(14-12-18)30(27,28)23-20(21(25)26)15-16-5-2-1-3-6-16;/h1-3,5-6,8-11,18,20,23H,4,7,12-15H2,(H,25,26);1H4. The summed E-state index contributed by atoms with van der Waals surface area (Å²) >= 11 is 5.89. The first-order valence-corrected chi connectivity index (χ1v) is 11.6. The Morgan fingerprint density at radius 3 is 2.45 bits per heavy atom. The first-order valence-electron chi connectivity index (χ1n) is 9.80. The van der Waals surface area contributed by atoms with Crippen LogP contribution < -0.4 is 9.46 Å². The second-order valence-corrected chi connectivity index (χ2v) is 9.37. The van der Waals surface area contributed by atoms with Gasteiger partial charge in [0.2, 0.25) is 0 Å². The number of carboxylic acids is 1. The molecule has 0 aromatic heterocycles. The lowest BCUT2D eigenvalue weighted by Gasteiger charge is -2.23. The monoisotopic (exact) mass is 468 g/mol. The van der Waals surface area contributed by atoms with Gasteiger partial charge in [-0.15, -0.1) is 0 Å². The van der Waals surface area contributed by atoms with Gasteiger partial charge in [0, 0.05) is 18.1 Å². The summed E-state index contributed by atoms with van der Waals surface area (Å²) in [6.45, 7) is 0.568. The molecule has 0 radical (unpaired) electrons. The van der Waals surface area contributed by atoms with Gasteiger partial charge in [-0.2, -0.15) is 17.4 Å². The summed E-state index contributed by atoms with van der Waals surface area (Å²) in [4.78, 5) is 11.6. The fourth-order valence-electron chi connectivity index (χ4n) is 3.39. The molecule has 170 valence electrons. The number of halogens is 1. The molecule has 0 aliphatic carbocycles. The molecular formula is C22H29ClN2O5S. The van der Waals surface area contributed by atoms with Gasteiger partial charge in [0.25, 0.3) is 10.2 Å². The largest absolute Gasteiger partial charge is 0.490 e. The van der Waals surface area contributed by atoms with E-state index in [0.29, 0.717) is 36.6 Å². The van der Waals surface area contributed by atoms with Crippen molar-refractivity contribution >= 4 is 27.8 Å². The van der Waals surface area contributed by atoms with Crippen molar-refractivity contribution < 1.29 is 23.1 Å². The minimum atomic E-state index is -3.94. The molecule has 2 aromatic rings. The fourth-order valence-corrected chi connectivity index (χ4v) is 4.92. The summed E-state index contributed by atoms with van der Waals surface area (Å²) in [5, 5.41) is 10.1. The lowest BCUT2D eigenvalue weighted by molar-refractivity contribution is -0.138. The smallest absolute Gasteiger partial charge is 0.322 e. The highest BCUT2D eigenvalue weighted by molar-refractivity contribution is 7.87. The third-order valence-electron chi connectivity index (χ3n) is 4.96. The first kappa shape index (κ1) is 25.1. The summed E-state index contributed by atoms with van der Waals surface area (Å²) in [7, 11) is -3.94. The zero-order valence-electron chi connectivity index (χ0n) is 16.4. The van der Waals surface area contributed by atoms with Gasteiger partial charge in [-0.3, -0.25) is 4.79 Å². The normalized spacial score (nSPS) is 18.4. The molecule has 1 fully saturated rings. The quantitative estimate of drug-likeness (QED) is 0.615. The number of carbonyl (C=O) groups is 1. The molecule has 1 aliphatic rings. The molecule has 1 saturated heterocycles. The third-order valence-corrected chi connectivity index (χ3v) is 6.84. The minimum Gasteiger partial charge on any atom is -0.490 e. The zero-order chi connectivity index (χ0) is 21.6. The van der Waals surface area contributed by atoms with E-state index in [4.69, 9.17) is 16.3 Å². The molecule has 0 saturated carbocycles. The summed E-state index contributed by atoms with van der Waals surface area (Å²) in [6.07, 6.45) is 1.80. The van der Waals surface area contributed by atoms with Crippen LogP contribution in [-0.2, 0) is 21.4 Å². The van der Waals surface area contributed by atoms with Crippen molar-refractivity contribution in [2.45, 2.75) is 45.3 Å². The number of ether oxygens (including phenoxy) is 1. The molecule has 3 rings (SSSR count). The van der Waals surface area contributed by atoms with Crippen LogP contribution in [-0.4, -0.2) is 49.0 Å². The van der Waals surface area contributed by atoms with Crippen molar-refractivity contribution in [3.8, 4) is 5.75 Å². The molecule has 7 nitrogen and oxygen atoms in total. The van der Waals surface area contributed by atoms with Crippen molar-refractivity contribution in [3.05, 3.63) is 65.2 Å². The molecule has 2 unspecified atom stereocenters. The highest BCUT2D eigenvalue weighted by Crippen LogP contribution is 2.22. The second kappa shape index (κ2) is 11.5. The molecule has 1 heterocycles. The Kier molecular flexibility index (Phi) is 9.31. The van der Waals surface area contributed by atoms with E-state index in [2.05, 4.69) is 4.72 Å². The van der Waals surface area contributed by atoms with Gasteiger partial charge in [-0.1, -0.05) is 49.4 Å². The molecule has 9 heteroatoms. The van der Waals surface area contributed by atoms with E-state index in [0.717, 1.165) is 5.56 Å². The van der Waals surface area contributed by atoms with E-state index >= 15 is 0 Å². The molecule has 2 aromatic carbocycles. The maximum absolute atomic E-state index is 12.8. The van der Waals surface area contributed by atoms with Crippen molar-refractivity contribution in [2.24, 2.45) is 0 Å². The molecule has 2 atom stereocenters. The topological polar surface area (TPSA) is 95.9 Å². The number of hydrogen-bond donors (Lipinski definition) is 2. The number of benzene rings is 2. The Labute approximate surface area is 189 Å². The lowest BCUT2D eigenvalue weighted by atomic mass is 10.1. The van der Waals surface area contributed by atoms with E-state index < -0.39 is 22.2 Å². The van der Waals surface area contributed by atoms with Crippen LogP contribution >= 0.6 is 11.6 Å². The second-order valence-electron chi connectivity index (χ2n) is 7.23. The van der Waals surface area contributed by atoms with Crippen molar-refractivity contribution in [1.29, 1.82) is 0 Å². The molecule has 1 aliphatic heterocycles. The van der Waals surface area contributed by atoms with E-state index in [-0.39, 0.29) is 26.5 Å². The van der Waals surface area contributed by atoms with Gasteiger partial charge < -0.3 is 9.84 Å². The van der Waals surface area contributed by atoms with Crippen LogP contribution in [0.25, 0.3) is 0 Å². The molecule has 0 spiro atoms. The number of nitrogens with zero attached hydrogens (tertiary/aromatic N) is 1. The van der Waals surface area contributed by atoms with Crippen LogP contribution in [0.5, 0.6) is 5.75 Å². The van der Waals surface area contributed by atoms with Gasteiger partial charge in [0.05, 0.1) is 0 Å². The number of nitrogens with one attached hydrogen (secondary N) is 1. The third kappa shape index (κ3) is 7.50. The van der Waals surface area contributed by atoms with Gasteiger partial charge in [-0.25, -0.2) is 0 Å². The van der Waals surface area contributed by atoms with E-state index in [1.54, 1.807) is 48.5 Å². The van der Waals surface area contributed by atoms with Gasteiger partial charge >= 0.3 is 5.97 Å². The Hall–Kier alpha value is -2.13. The molecular weight excluding hydrogens is 440 g/mol. The highest BCUT2D eigenvalue weighted by Gasteiger charge is 2.31. The Morgan fingerprint density at radius 2 is 1.81 bits per heavy atom. The molecule has 0 bridgehead atoms. The highest BCUT2D eigenvalue weighted by atomic mass is 35.5. The van der Waals surface area contributed by atoms with Crippen molar-refractivity contribution in [1.82, 2.24) is 9.03 Å². The fraction of sp³-hybridized carbons (Fsp3) is 0.409. The van der Waals surface area contributed by atoms with Crippen LogP contribution in [0, 0.1) is 0 Å². The number of rotatable bonds is 8. The summed E-state index contributed by atoms with van der Waals surface area (Å²) in [6, 6.07) is 14.8. The van der Waals surface area contributed by atoms with E-state index in [9.17, 15) is 18.3 Å². The molecule has 2 N–H and O–H groups in total. The summed E-state index contributed by atoms with van der Waals surface area (Å²) < 4.78 is 35.3. The predicted molar refractivity (Wildman–Crippen MR) is 122 cm³/mol.